The van der Waals surface area contributed by atoms with Gasteiger partial charge in [-0.15, -0.1) is 0 Å². The lowest BCUT2D eigenvalue weighted by atomic mass is 10.1. The Morgan fingerprint density at radius 1 is 0.947 bits per heavy atom. The number of barbiturate groups is 1. The van der Waals surface area contributed by atoms with Crippen LogP contribution in [0.1, 0.15) is 35.7 Å². The monoisotopic (exact) mass is 520 g/mol. The van der Waals surface area contributed by atoms with Crippen molar-refractivity contribution in [3.05, 3.63) is 77.3 Å². The Balaban J connectivity index is 1.57. The molecule has 0 atom stereocenters. The van der Waals surface area contributed by atoms with Gasteiger partial charge in [-0.05, 0) is 74.0 Å². The van der Waals surface area contributed by atoms with Crippen LogP contribution in [0, 0.1) is 0 Å². The normalized spacial score (nSPS) is 14.4. The van der Waals surface area contributed by atoms with Crippen LogP contribution in [-0.4, -0.2) is 42.1 Å². The average molecular weight is 520 g/mol. The molecule has 0 spiro atoms. The van der Waals surface area contributed by atoms with Crippen LogP contribution < -0.4 is 24.4 Å². The van der Waals surface area contributed by atoms with Crippen LogP contribution in [0.5, 0.6) is 17.2 Å². The van der Waals surface area contributed by atoms with Gasteiger partial charge in [-0.25, -0.2) is 14.5 Å². The first-order valence-electron chi connectivity index (χ1n) is 11.7. The number of furan rings is 1. The zero-order chi connectivity index (χ0) is 27.2. The van der Waals surface area contributed by atoms with E-state index in [-0.39, 0.29) is 23.6 Å². The molecule has 4 amide bonds. The van der Waals surface area contributed by atoms with E-state index in [2.05, 4.69) is 5.32 Å². The number of urea groups is 1. The summed E-state index contributed by atoms with van der Waals surface area (Å²) >= 11 is 0. The number of carbonyl (C=O) groups is 4. The third-order valence-corrected chi connectivity index (χ3v) is 5.33. The van der Waals surface area contributed by atoms with E-state index in [0.717, 1.165) is 4.90 Å². The quantitative estimate of drug-likeness (QED) is 0.299. The van der Waals surface area contributed by atoms with Crippen LogP contribution in [0.3, 0.4) is 0 Å². The highest BCUT2D eigenvalue weighted by molar-refractivity contribution is 6.39. The predicted octanol–water partition coefficient (Wildman–Crippen LogP) is 4.02. The van der Waals surface area contributed by atoms with Gasteiger partial charge in [0.25, 0.3) is 11.8 Å². The standard InChI is InChI=1S/C27H24N2O9/c1-3-35-18-8-6-17(7-9-18)29-25(31)20(24(30)28-27(29)34)13-16-5-11-21(23(14-16)36-4-2)37-15-19-10-12-22(38-19)26(32)33/h5-14H,3-4,15H2,1-2H3,(H,32,33)(H,28,30,34). The largest absolute Gasteiger partial charge is 0.494 e. The van der Waals surface area contributed by atoms with Gasteiger partial charge in [-0.1, -0.05) is 6.07 Å². The molecule has 11 heteroatoms. The summed E-state index contributed by atoms with van der Waals surface area (Å²) in [6.45, 7) is 4.34. The highest BCUT2D eigenvalue weighted by Crippen LogP contribution is 2.31. The van der Waals surface area contributed by atoms with Crippen LogP contribution >= 0.6 is 0 Å². The zero-order valence-electron chi connectivity index (χ0n) is 20.6. The Kier molecular flexibility index (Phi) is 7.76. The molecule has 196 valence electrons. The molecule has 0 radical (unpaired) electrons. The van der Waals surface area contributed by atoms with Crippen molar-refractivity contribution < 1.29 is 42.9 Å². The zero-order valence-corrected chi connectivity index (χ0v) is 20.6. The number of aromatic carboxylic acids is 1. The number of amides is 4. The maximum absolute atomic E-state index is 13.2. The predicted molar refractivity (Wildman–Crippen MR) is 134 cm³/mol. The van der Waals surface area contributed by atoms with E-state index in [1.807, 2.05) is 6.92 Å². The molecule has 2 N–H and O–H groups in total. The number of carbonyl (C=O) groups excluding carboxylic acids is 3. The lowest BCUT2D eigenvalue weighted by Gasteiger charge is -2.26. The van der Waals surface area contributed by atoms with Crippen LogP contribution in [0.4, 0.5) is 10.5 Å². The van der Waals surface area contributed by atoms with Crippen molar-refractivity contribution >= 4 is 35.6 Å². The number of carboxylic acids is 1. The summed E-state index contributed by atoms with van der Waals surface area (Å²) in [5.74, 6) is -1.45. The van der Waals surface area contributed by atoms with Crippen LogP contribution in [0.25, 0.3) is 6.08 Å². The molecule has 1 aliphatic heterocycles. The van der Waals surface area contributed by atoms with Crippen LogP contribution in [0.15, 0.2) is 64.6 Å². The summed E-state index contributed by atoms with van der Waals surface area (Å²) in [4.78, 5) is 50.1. The van der Waals surface area contributed by atoms with Gasteiger partial charge in [0.1, 0.15) is 23.7 Å². The van der Waals surface area contributed by atoms with Crippen molar-refractivity contribution in [2.24, 2.45) is 0 Å². The molecule has 1 aromatic heterocycles. The minimum absolute atomic E-state index is 0.0478. The van der Waals surface area contributed by atoms with Gasteiger partial charge in [0.05, 0.1) is 18.9 Å². The van der Waals surface area contributed by atoms with Gasteiger partial charge in [0, 0.05) is 0 Å². The summed E-state index contributed by atoms with van der Waals surface area (Å²) < 4.78 is 22.0. The van der Waals surface area contributed by atoms with E-state index in [9.17, 15) is 19.2 Å². The summed E-state index contributed by atoms with van der Waals surface area (Å²) in [5, 5.41) is 11.2. The number of carboxylic acid groups (broad SMARTS) is 1. The second-order valence-electron chi connectivity index (χ2n) is 7.88. The Labute approximate surface area is 217 Å². The number of ether oxygens (including phenoxy) is 3. The fraction of sp³-hybridized carbons (Fsp3) is 0.185. The van der Waals surface area contributed by atoms with E-state index < -0.39 is 23.8 Å². The first-order chi connectivity index (χ1) is 18.3. The van der Waals surface area contributed by atoms with E-state index >= 15 is 0 Å². The molecule has 0 unspecified atom stereocenters. The first-order valence-corrected chi connectivity index (χ1v) is 11.7. The molecule has 2 heterocycles. The van der Waals surface area contributed by atoms with Crippen LogP contribution in [-0.2, 0) is 16.2 Å². The Morgan fingerprint density at radius 2 is 1.68 bits per heavy atom. The number of hydrogen-bond donors (Lipinski definition) is 2. The Bertz CT molecular complexity index is 1410. The molecule has 11 nitrogen and oxygen atoms in total. The highest BCUT2D eigenvalue weighted by Gasteiger charge is 2.36. The highest BCUT2D eigenvalue weighted by atomic mass is 16.5. The van der Waals surface area contributed by atoms with Gasteiger partial charge in [0.2, 0.25) is 5.76 Å². The number of anilines is 1. The number of nitrogens with zero attached hydrogens (tertiary/aromatic N) is 1. The van der Waals surface area contributed by atoms with Crippen molar-refractivity contribution in [1.29, 1.82) is 0 Å². The van der Waals surface area contributed by atoms with E-state index in [0.29, 0.717) is 41.8 Å². The minimum Gasteiger partial charge on any atom is -0.494 e. The molecule has 38 heavy (non-hydrogen) atoms. The van der Waals surface area contributed by atoms with Crippen molar-refractivity contribution in [1.82, 2.24) is 5.32 Å². The molecule has 0 aliphatic carbocycles. The molecule has 1 aliphatic rings. The van der Waals surface area contributed by atoms with Gasteiger partial charge in [-0.2, -0.15) is 0 Å². The number of imide groups is 2. The molecule has 1 saturated heterocycles. The molecule has 2 aromatic carbocycles. The summed E-state index contributed by atoms with van der Waals surface area (Å²) in [5.41, 5.74) is 0.481. The maximum atomic E-state index is 13.2. The lowest BCUT2D eigenvalue weighted by molar-refractivity contribution is -0.122. The molecule has 3 aromatic rings. The number of nitrogens with one attached hydrogen (secondary N) is 1. The summed E-state index contributed by atoms with van der Waals surface area (Å²) in [7, 11) is 0. The molecule has 1 fully saturated rings. The van der Waals surface area contributed by atoms with E-state index in [1.165, 1.54) is 18.2 Å². The number of hydrogen-bond acceptors (Lipinski definition) is 8. The molecular formula is C27H24N2O9. The molecule has 4 rings (SSSR count). The summed E-state index contributed by atoms with van der Waals surface area (Å²) in [6.07, 6.45) is 1.35. The van der Waals surface area contributed by atoms with Gasteiger partial charge < -0.3 is 23.7 Å². The topological polar surface area (TPSA) is 145 Å². The number of benzene rings is 2. The summed E-state index contributed by atoms with van der Waals surface area (Å²) in [6, 6.07) is 13.1. The second kappa shape index (κ2) is 11.3. The maximum Gasteiger partial charge on any atom is 0.371 e. The minimum atomic E-state index is -1.19. The van der Waals surface area contributed by atoms with Crippen molar-refractivity contribution in [3.63, 3.8) is 0 Å². The molecular weight excluding hydrogens is 496 g/mol. The van der Waals surface area contributed by atoms with Crippen LogP contribution in [0.2, 0.25) is 0 Å². The van der Waals surface area contributed by atoms with Gasteiger partial charge in [0.15, 0.2) is 11.5 Å². The van der Waals surface area contributed by atoms with E-state index in [4.69, 9.17) is 23.7 Å². The third kappa shape index (κ3) is 5.67. The van der Waals surface area contributed by atoms with Crippen molar-refractivity contribution in [2.75, 3.05) is 18.1 Å². The number of rotatable bonds is 10. The second-order valence-corrected chi connectivity index (χ2v) is 7.88. The lowest BCUT2D eigenvalue weighted by Crippen LogP contribution is -2.54. The average Bonchev–Trinajstić information content (AvgIpc) is 3.37. The fourth-order valence-corrected chi connectivity index (χ4v) is 3.64. The Hall–Kier alpha value is -5.06. The molecule has 0 saturated carbocycles. The van der Waals surface area contributed by atoms with Gasteiger partial charge >= 0.3 is 12.0 Å². The smallest absolute Gasteiger partial charge is 0.371 e. The first kappa shape index (κ1) is 26.0. The van der Waals surface area contributed by atoms with Crippen molar-refractivity contribution in [2.45, 2.75) is 20.5 Å². The van der Waals surface area contributed by atoms with E-state index in [1.54, 1.807) is 49.4 Å². The molecule has 0 bridgehead atoms. The van der Waals surface area contributed by atoms with Gasteiger partial charge in [-0.3, -0.25) is 14.9 Å². The SMILES string of the molecule is CCOc1ccc(N2C(=O)NC(=O)C(=Cc3ccc(OCc4ccc(C(=O)O)o4)c(OCC)c3)C2=O)cc1. The van der Waals surface area contributed by atoms with Crippen molar-refractivity contribution in [3.8, 4) is 17.2 Å². The fourth-order valence-electron chi connectivity index (χ4n) is 3.64. The third-order valence-electron chi connectivity index (χ3n) is 5.33. The Morgan fingerprint density at radius 3 is 2.34 bits per heavy atom.